The van der Waals surface area contributed by atoms with E-state index in [0.29, 0.717) is 25.3 Å². The quantitative estimate of drug-likeness (QED) is 0.706. The highest BCUT2D eigenvalue weighted by molar-refractivity contribution is 5.81. The number of nitriles is 1. The van der Waals surface area contributed by atoms with Gasteiger partial charge in [0.25, 0.3) is 0 Å². The number of carbonyl (C=O) groups is 1. The summed E-state index contributed by atoms with van der Waals surface area (Å²) in [6.45, 7) is 4.52. The van der Waals surface area contributed by atoms with Crippen molar-refractivity contribution in [1.82, 2.24) is 4.90 Å². The molecule has 4 nitrogen and oxygen atoms in total. The number of nitrogens with two attached hydrogens (primary N) is 1. The second kappa shape index (κ2) is 6.39. The van der Waals surface area contributed by atoms with E-state index < -0.39 is 6.04 Å². The largest absolute Gasteiger partial charge is 0.343 e. The molecule has 0 aromatic carbocycles. The molecule has 0 radical (unpaired) electrons. The normalized spacial score (nSPS) is 12.3. The van der Waals surface area contributed by atoms with Crippen LogP contribution in [-0.2, 0) is 4.79 Å². The van der Waals surface area contributed by atoms with E-state index in [1.54, 1.807) is 7.05 Å². The van der Waals surface area contributed by atoms with Crippen molar-refractivity contribution in [3.8, 4) is 6.07 Å². The first-order valence-electron chi connectivity index (χ1n) is 4.86. The molecule has 0 saturated heterocycles. The van der Waals surface area contributed by atoms with Crippen LogP contribution < -0.4 is 5.73 Å². The molecule has 0 aliphatic rings. The predicted octanol–water partition coefficient (Wildman–Crippen LogP) is 0.732. The van der Waals surface area contributed by atoms with E-state index in [0.717, 1.165) is 0 Å². The maximum Gasteiger partial charge on any atom is 0.239 e. The van der Waals surface area contributed by atoms with E-state index in [1.807, 2.05) is 19.9 Å². The number of nitrogens with zero attached hydrogens (tertiary/aromatic N) is 2. The fourth-order valence-corrected chi connectivity index (χ4v) is 1.22. The number of hydrogen-bond acceptors (Lipinski definition) is 3. The van der Waals surface area contributed by atoms with Gasteiger partial charge in [0.05, 0.1) is 18.5 Å². The van der Waals surface area contributed by atoms with Crippen LogP contribution in [-0.4, -0.2) is 30.4 Å². The van der Waals surface area contributed by atoms with E-state index in [1.165, 1.54) is 4.90 Å². The van der Waals surface area contributed by atoms with Crippen molar-refractivity contribution in [2.45, 2.75) is 32.7 Å². The molecular weight excluding hydrogens is 178 g/mol. The molecule has 1 atom stereocenters. The van der Waals surface area contributed by atoms with Crippen molar-refractivity contribution in [1.29, 1.82) is 5.26 Å². The first kappa shape index (κ1) is 12.9. The van der Waals surface area contributed by atoms with Crippen LogP contribution in [0.25, 0.3) is 0 Å². The molecule has 0 rings (SSSR count). The van der Waals surface area contributed by atoms with Gasteiger partial charge in [0, 0.05) is 13.6 Å². The molecule has 0 aromatic rings. The minimum atomic E-state index is -0.432. The molecule has 2 N–H and O–H groups in total. The van der Waals surface area contributed by atoms with Crippen LogP contribution in [0.15, 0.2) is 0 Å². The van der Waals surface area contributed by atoms with Gasteiger partial charge in [-0.1, -0.05) is 13.8 Å². The first-order valence-corrected chi connectivity index (χ1v) is 4.86. The summed E-state index contributed by atoms with van der Waals surface area (Å²) >= 11 is 0. The zero-order chi connectivity index (χ0) is 11.1. The molecule has 14 heavy (non-hydrogen) atoms. The minimum Gasteiger partial charge on any atom is -0.343 e. The predicted molar refractivity (Wildman–Crippen MR) is 55.3 cm³/mol. The molecule has 0 aromatic heterocycles. The summed E-state index contributed by atoms with van der Waals surface area (Å²) in [5, 5.41) is 8.36. The van der Waals surface area contributed by atoms with Crippen molar-refractivity contribution in [2.24, 2.45) is 11.7 Å². The highest BCUT2D eigenvalue weighted by Crippen LogP contribution is 2.05. The lowest BCUT2D eigenvalue weighted by Crippen LogP contribution is -2.42. The zero-order valence-electron chi connectivity index (χ0n) is 9.16. The van der Waals surface area contributed by atoms with Gasteiger partial charge in [0.1, 0.15) is 0 Å². The van der Waals surface area contributed by atoms with Crippen LogP contribution >= 0.6 is 0 Å². The smallest absolute Gasteiger partial charge is 0.239 e. The van der Waals surface area contributed by atoms with Crippen LogP contribution in [0.5, 0.6) is 0 Å². The summed E-state index contributed by atoms with van der Waals surface area (Å²) in [6, 6.07) is 1.57. The standard InChI is InChI=1S/C10H19N3O/c1-8(2)7-9(12)10(14)13(3)6-4-5-11/h8-9H,4,6-7,12H2,1-3H3/t9-/m0/s1. The topological polar surface area (TPSA) is 70.1 Å². The highest BCUT2D eigenvalue weighted by atomic mass is 16.2. The average Bonchev–Trinajstić information content (AvgIpc) is 2.11. The number of hydrogen-bond donors (Lipinski definition) is 1. The molecule has 0 heterocycles. The molecule has 0 unspecified atom stereocenters. The maximum atomic E-state index is 11.6. The summed E-state index contributed by atoms with van der Waals surface area (Å²) in [5.41, 5.74) is 5.72. The van der Waals surface area contributed by atoms with Crippen LogP contribution in [0, 0.1) is 17.2 Å². The van der Waals surface area contributed by atoms with Crippen LogP contribution in [0.1, 0.15) is 26.7 Å². The Labute approximate surface area is 85.7 Å². The molecule has 0 spiro atoms. The van der Waals surface area contributed by atoms with Crippen molar-refractivity contribution in [3.05, 3.63) is 0 Å². The van der Waals surface area contributed by atoms with Crippen LogP contribution in [0.2, 0.25) is 0 Å². The third-order valence-corrected chi connectivity index (χ3v) is 1.98. The summed E-state index contributed by atoms with van der Waals surface area (Å²) in [4.78, 5) is 13.1. The summed E-state index contributed by atoms with van der Waals surface area (Å²) < 4.78 is 0. The average molecular weight is 197 g/mol. The maximum absolute atomic E-state index is 11.6. The molecule has 0 saturated carbocycles. The fourth-order valence-electron chi connectivity index (χ4n) is 1.22. The first-order chi connectivity index (χ1) is 6.49. The Morgan fingerprint density at radius 2 is 2.14 bits per heavy atom. The second-order valence-corrected chi connectivity index (χ2v) is 3.90. The third-order valence-electron chi connectivity index (χ3n) is 1.98. The Morgan fingerprint density at radius 1 is 1.57 bits per heavy atom. The SMILES string of the molecule is CC(C)C[C@H](N)C(=O)N(C)CCC#N. The van der Waals surface area contributed by atoms with Crippen molar-refractivity contribution >= 4 is 5.91 Å². The molecule has 0 aliphatic heterocycles. The molecule has 1 amide bonds. The lowest BCUT2D eigenvalue weighted by Gasteiger charge is -2.21. The van der Waals surface area contributed by atoms with Gasteiger partial charge in [-0.15, -0.1) is 0 Å². The lowest BCUT2D eigenvalue weighted by molar-refractivity contribution is -0.131. The highest BCUT2D eigenvalue weighted by Gasteiger charge is 2.18. The van der Waals surface area contributed by atoms with Gasteiger partial charge >= 0.3 is 0 Å². The van der Waals surface area contributed by atoms with Gasteiger partial charge in [-0.05, 0) is 12.3 Å². The zero-order valence-corrected chi connectivity index (χ0v) is 9.16. The molecule has 0 fully saturated rings. The van der Waals surface area contributed by atoms with Gasteiger partial charge in [-0.3, -0.25) is 4.79 Å². The van der Waals surface area contributed by atoms with Crippen LogP contribution in [0.3, 0.4) is 0 Å². The van der Waals surface area contributed by atoms with Crippen molar-refractivity contribution < 1.29 is 4.79 Å². The summed E-state index contributed by atoms with van der Waals surface area (Å²) in [6.07, 6.45) is 1.05. The fraction of sp³-hybridized carbons (Fsp3) is 0.800. The van der Waals surface area contributed by atoms with Crippen LogP contribution in [0.4, 0.5) is 0 Å². The number of likely N-dealkylation sites (N-methyl/N-ethyl adjacent to an activating group) is 1. The van der Waals surface area contributed by atoms with Gasteiger partial charge in [0.2, 0.25) is 5.91 Å². The molecule has 4 heteroatoms. The Balaban J connectivity index is 3.98. The Bertz CT molecular complexity index is 220. The number of rotatable bonds is 5. The summed E-state index contributed by atoms with van der Waals surface area (Å²) in [5.74, 6) is 0.340. The third kappa shape index (κ3) is 4.83. The van der Waals surface area contributed by atoms with Gasteiger partial charge < -0.3 is 10.6 Å². The summed E-state index contributed by atoms with van der Waals surface area (Å²) in [7, 11) is 1.68. The monoisotopic (exact) mass is 197 g/mol. The lowest BCUT2D eigenvalue weighted by atomic mass is 10.0. The molecule has 0 aliphatic carbocycles. The van der Waals surface area contributed by atoms with E-state index in [9.17, 15) is 4.79 Å². The Morgan fingerprint density at radius 3 is 2.57 bits per heavy atom. The van der Waals surface area contributed by atoms with E-state index >= 15 is 0 Å². The second-order valence-electron chi connectivity index (χ2n) is 3.90. The number of carbonyl (C=O) groups excluding carboxylic acids is 1. The Hall–Kier alpha value is -1.08. The van der Waals surface area contributed by atoms with Gasteiger partial charge in [0.15, 0.2) is 0 Å². The molecular formula is C10H19N3O. The Kier molecular flexibility index (Phi) is 5.89. The number of amides is 1. The van der Waals surface area contributed by atoms with E-state index in [-0.39, 0.29) is 5.91 Å². The molecule has 80 valence electrons. The van der Waals surface area contributed by atoms with Crippen molar-refractivity contribution in [2.75, 3.05) is 13.6 Å². The van der Waals surface area contributed by atoms with Gasteiger partial charge in [-0.2, -0.15) is 5.26 Å². The van der Waals surface area contributed by atoms with E-state index in [4.69, 9.17) is 11.0 Å². The molecule has 0 bridgehead atoms. The van der Waals surface area contributed by atoms with Gasteiger partial charge in [-0.25, -0.2) is 0 Å². The minimum absolute atomic E-state index is 0.0750. The van der Waals surface area contributed by atoms with Crippen molar-refractivity contribution in [3.63, 3.8) is 0 Å². The van der Waals surface area contributed by atoms with E-state index in [2.05, 4.69) is 0 Å².